The fraction of sp³-hybridized carbons (Fsp3) is 0.238. The molecule has 27 heavy (non-hydrogen) atoms. The number of pyridine rings is 1. The molecule has 0 atom stereocenters. The van der Waals surface area contributed by atoms with Crippen molar-refractivity contribution in [3.05, 3.63) is 72.8 Å². The maximum Gasteiger partial charge on any atom is 0.165 e. The first-order chi connectivity index (χ1) is 13.2. The molecule has 0 aliphatic heterocycles. The minimum absolute atomic E-state index is 0.163. The number of methoxy groups -OCH3 is 1. The lowest BCUT2D eigenvalue weighted by Crippen LogP contribution is -2.09. The van der Waals surface area contributed by atoms with Gasteiger partial charge in [0.05, 0.1) is 7.11 Å². The molecule has 2 heterocycles. The number of ketones is 1. The molecule has 0 fully saturated rings. The van der Waals surface area contributed by atoms with Crippen molar-refractivity contribution in [2.45, 2.75) is 25.8 Å². The standard InChI is InChI=1S/C21H22N4O2/c1-3-13-25-20(23-24-21(25)17-5-4-12-22-15-17)11-8-18(26)14-16-6-9-19(27-2)10-7-16/h3-7,9-10,12,15H,1,8,11,13-14H2,2H3. The highest BCUT2D eigenvalue weighted by atomic mass is 16.5. The number of carbonyl (C=O) groups excluding carboxylic acids is 1. The maximum atomic E-state index is 12.4. The lowest BCUT2D eigenvalue weighted by atomic mass is 10.1. The van der Waals surface area contributed by atoms with Crippen LogP contribution in [0.5, 0.6) is 5.75 Å². The third kappa shape index (κ3) is 4.67. The Labute approximate surface area is 158 Å². The molecule has 3 aromatic rings. The van der Waals surface area contributed by atoms with Crippen LogP contribution in [0.1, 0.15) is 17.8 Å². The van der Waals surface area contributed by atoms with E-state index >= 15 is 0 Å². The minimum atomic E-state index is 0.163. The maximum absolute atomic E-state index is 12.4. The van der Waals surface area contributed by atoms with Crippen molar-refractivity contribution in [2.24, 2.45) is 0 Å². The Morgan fingerprint density at radius 3 is 2.70 bits per heavy atom. The lowest BCUT2D eigenvalue weighted by molar-refractivity contribution is -0.118. The van der Waals surface area contributed by atoms with Crippen molar-refractivity contribution < 1.29 is 9.53 Å². The normalized spacial score (nSPS) is 10.6. The van der Waals surface area contributed by atoms with Crippen molar-refractivity contribution in [1.82, 2.24) is 19.7 Å². The number of ether oxygens (including phenoxy) is 1. The van der Waals surface area contributed by atoms with Gasteiger partial charge in [-0.3, -0.25) is 9.78 Å². The van der Waals surface area contributed by atoms with Crippen molar-refractivity contribution in [1.29, 1.82) is 0 Å². The van der Waals surface area contributed by atoms with Gasteiger partial charge in [-0.15, -0.1) is 16.8 Å². The molecule has 0 amide bonds. The van der Waals surface area contributed by atoms with Crippen LogP contribution < -0.4 is 4.74 Å². The average molecular weight is 362 g/mol. The van der Waals surface area contributed by atoms with Crippen molar-refractivity contribution in [2.75, 3.05) is 7.11 Å². The van der Waals surface area contributed by atoms with E-state index in [1.54, 1.807) is 25.6 Å². The first-order valence-corrected chi connectivity index (χ1v) is 8.79. The van der Waals surface area contributed by atoms with E-state index in [0.717, 1.165) is 28.5 Å². The summed E-state index contributed by atoms with van der Waals surface area (Å²) in [6, 6.07) is 11.4. The van der Waals surface area contributed by atoms with E-state index < -0.39 is 0 Å². The molecule has 1 aromatic carbocycles. The molecular weight excluding hydrogens is 340 g/mol. The van der Waals surface area contributed by atoms with Crippen molar-refractivity contribution in [3.63, 3.8) is 0 Å². The van der Waals surface area contributed by atoms with E-state index in [0.29, 0.717) is 25.8 Å². The number of carbonyl (C=O) groups is 1. The Balaban J connectivity index is 1.67. The summed E-state index contributed by atoms with van der Waals surface area (Å²) in [5, 5.41) is 8.57. The molecule has 0 saturated carbocycles. The molecule has 138 valence electrons. The van der Waals surface area contributed by atoms with Crippen molar-refractivity contribution in [3.8, 4) is 17.1 Å². The van der Waals surface area contributed by atoms with E-state index in [1.165, 1.54) is 0 Å². The van der Waals surface area contributed by atoms with E-state index in [2.05, 4.69) is 21.8 Å². The number of Topliss-reactive ketones (excluding diaryl/α,β-unsaturated/α-hetero) is 1. The summed E-state index contributed by atoms with van der Waals surface area (Å²) in [4.78, 5) is 16.5. The highest BCUT2D eigenvalue weighted by molar-refractivity contribution is 5.81. The highest BCUT2D eigenvalue weighted by Gasteiger charge is 2.14. The Morgan fingerprint density at radius 2 is 2.04 bits per heavy atom. The first kappa shape index (κ1) is 18.5. The fourth-order valence-electron chi connectivity index (χ4n) is 2.86. The molecule has 0 saturated heterocycles. The number of nitrogens with zero attached hydrogens (tertiary/aromatic N) is 4. The second kappa shape index (κ2) is 8.89. The second-order valence-corrected chi connectivity index (χ2v) is 6.14. The summed E-state index contributed by atoms with van der Waals surface area (Å²) in [6.07, 6.45) is 6.62. The number of hydrogen-bond acceptors (Lipinski definition) is 5. The minimum Gasteiger partial charge on any atom is -0.497 e. The van der Waals surface area contributed by atoms with Crippen LogP contribution in [0.3, 0.4) is 0 Å². The van der Waals surface area contributed by atoms with Gasteiger partial charge in [0.1, 0.15) is 17.4 Å². The number of benzene rings is 1. The van der Waals surface area contributed by atoms with Crippen LogP contribution in [0.15, 0.2) is 61.4 Å². The summed E-state index contributed by atoms with van der Waals surface area (Å²) in [7, 11) is 1.62. The molecule has 0 aliphatic rings. The van der Waals surface area contributed by atoms with Crippen LogP contribution in [0.2, 0.25) is 0 Å². The van der Waals surface area contributed by atoms with Gasteiger partial charge in [0.2, 0.25) is 0 Å². The summed E-state index contributed by atoms with van der Waals surface area (Å²) < 4.78 is 7.12. The Hall–Kier alpha value is -3.28. The molecular formula is C21H22N4O2. The summed E-state index contributed by atoms with van der Waals surface area (Å²) in [5.74, 6) is 2.46. The molecule has 2 aromatic heterocycles. The molecule has 0 unspecified atom stereocenters. The smallest absolute Gasteiger partial charge is 0.165 e. The number of aryl methyl sites for hydroxylation is 1. The van der Waals surface area contributed by atoms with Crippen LogP contribution in [-0.4, -0.2) is 32.6 Å². The third-order valence-corrected chi connectivity index (χ3v) is 4.25. The quantitative estimate of drug-likeness (QED) is 0.546. The van der Waals surface area contributed by atoms with E-state index in [9.17, 15) is 4.79 Å². The zero-order chi connectivity index (χ0) is 19.1. The monoisotopic (exact) mass is 362 g/mol. The van der Waals surface area contributed by atoms with Crippen LogP contribution in [0.25, 0.3) is 11.4 Å². The summed E-state index contributed by atoms with van der Waals surface area (Å²) in [6.45, 7) is 4.39. The topological polar surface area (TPSA) is 69.9 Å². The molecule has 6 heteroatoms. The van der Waals surface area contributed by atoms with E-state index in [4.69, 9.17) is 4.74 Å². The Morgan fingerprint density at radius 1 is 1.22 bits per heavy atom. The van der Waals surface area contributed by atoms with Gasteiger partial charge in [-0.05, 0) is 29.8 Å². The fourth-order valence-corrected chi connectivity index (χ4v) is 2.86. The largest absolute Gasteiger partial charge is 0.497 e. The predicted octanol–water partition coefficient (Wildman–Crippen LogP) is 3.28. The predicted molar refractivity (Wildman–Crippen MR) is 103 cm³/mol. The second-order valence-electron chi connectivity index (χ2n) is 6.14. The highest BCUT2D eigenvalue weighted by Crippen LogP contribution is 2.18. The average Bonchev–Trinajstić information content (AvgIpc) is 3.10. The van der Waals surface area contributed by atoms with Gasteiger partial charge in [0, 0.05) is 43.8 Å². The third-order valence-electron chi connectivity index (χ3n) is 4.25. The van der Waals surface area contributed by atoms with Crippen LogP contribution >= 0.6 is 0 Å². The van der Waals surface area contributed by atoms with Gasteiger partial charge in [-0.25, -0.2) is 0 Å². The van der Waals surface area contributed by atoms with Crippen LogP contribution in [0, 0.1) is 0 Å². The molecule has 0 spiro atoms. The van der Waals surface area contributed by atoms with Crippen molar-refractivity contribution >= 4 is 5.78 Å². The van der Waals surface area contributed by atoms with Gasteiger partial charge in [0.15, 0.2) is 5.82 Å². The summed E-state index contributed by atoms with van der Waals surface area (Å²) in [5.41, 5.74) is 1.87. The Bertz CT molecular complexity index is 902. The van der Waals surface area contributed by atoms with Crippen LogP contribution in [-0.2, 0) is 24.2 Å². The molecule has 6 nitrogen and oxygen atoms in total. The molecule has 0 radical (unpaired) electrons. The van der Waals surface area contributed by atoms with E-state index in [-0.39, 0.29) is 5.78 Å². The number of aromatic nitrogens is 4. The molecule has 0 N–H and O–H groups in total. The zero-order valence-electron chi connectivity index (χ0n) is 15.3. The zero-order valence-corrected chi connectivity index (χ0v) is 15.3. The summed E-state index contributed by atoms with van der Waals surface area (Å²) >= 11 is 0. The molecule has 3 rings (SSSR count). The number of allylic oxidation sites excluding steroid dienone is 1. The van der Waals surface area contributed by atoms with Crippen LogP contribution in [0.4, 0.5) is 0 Å². The van der Waals surface area contributed by atoms with E-state index in [1.807, 2.05) is 41.0 Å². The number of hydrogen-bond donors (Lipinski definition) is 0. The van der Waals surface area contributed by atoms with Gasteiger partial charge >= 0.3 is 0 Å². The van der Waals surface area contributed by atoms with Gasteiger partial charge < -0.3 is 9.30 Å². The Kier molecular flexibility index (Phi) is 6.10. The SMILES string of the molecule is C=CCn1c(CCC(=O)Cc2ccc(OC)cc2)nnc1-c1cccnc1. The van der Waals surface area contributed by atoms with Gasteiger partial charge in [-0.1, -0.05) is 18.2 Å². The molecule has 0 aliphatic carbocycles. The van der Waals surface area contributed by atoms with Gasteiger partial charge in [0.25, 0.3) is 0 Å². The number of rotatable bonds is 9. The molecule has 0 bridgehead atoms. The first-order valence-electron chi connectivity index (χ1n) is 8.79. The lowest BCUT2D eigenvalue weighted by Gasteiger charge is -2.08. The van der Waals surface area contributed by atoms with Gasteiger partial charge in [-0.2, -0.15) is 0 Å².